The Morgan fingerprint density at radius 3 is 2.52 bits per heavy atom. The number of nitrogens with zero attached hydrogens (tertiary/aromatic N) is 2. The molecule has 0 aliphatic carbocycles. The van der Waals surface area contributed by atoms with Crippen molar-refractivity contribution in [3.8, 4) is 11.1 Å². The Hall–Kier alpha value is -3.47. The van der Waals surface area contributed by atoms with Gasteiger partial charge in [0.2, 0.25) is 11.8 Å². The Morgan fingerprint density at radius 1 is 1.03 bits per heavy atom. The predicted molar refractivity (Wildman–Crippen MR) is 131 cm³/mol. The van der Waals surface area contributed by atoms with Gasteiger partial charge in [0.05, 0.1) is 11.3 Å². The van der Waals surface area contributed by atoms with Crippen LogP contribution in [0, 0.1) is 5.41 Å². The fourth-order valence-electron chi connectivity index (χ4n) is 4.77. The first-order valence-electron chi connectivity index (χ1n) is 11.6. The lowest BCUT2D eigenvalue weighted by atomic mass is 9.79. The molecule has 0 radical (unpaired) electrons. The van der Waals surface area contributed by atoms with Gasteiger partial charge in [0, 0.05) is 32.0 Å². The second kappa shape index (κ2) is 9.99. The van der Waals surface area contributed by atoms with Crippen LogP contribution in [-0.2, 0) is 16.0 Å². The quantitative estimate of drug-likeness (QED) is 0.589. The van der Waals surface area contributed by atoms with E-state index in [1.807, 2.05) is 67.3 Å². The minimum Gasteiger partial charge on any atom is -0.356 e. The van der Waals surface area contributed by atoms with Crippen molar-refractivity contribution in [2.45, 2.75) is 32.6 Å². The molecular formula is C28H31N3O2. The van der Waals surface area contributed by atoms with E-state index in [2.05, 4.69) is 28.5 Å². The number of aromatic nitrogens is 1. The van der Waals surface area contributed by atoms with Crippen LogP contribution in [0.15, 0.2) is 79.1 Å². The molecular weight excluding hydrogens is 410 g/mol. The highest BCUT2D eigenvalue weighted by atomic mass is 16.2. The summed E-state index contributed by atoms with van der Waals surface area (Å²) in [6.45, 7) is 5.49. The lowest BCUT2D eigenvalue weighted by molar-refractivity contribution is -0.134. The summed E-state index contributed by atoms with van der Waals surface area (Å²) in [6.07, 6.45) is 4.83. The van der Waals surface area contributed by atoms with Crippen molar-refractivity contribution < 1.29 is 9.59 Å². The zero-order chi connectivity index (χ0) is 23.3. The number of benzene rings is 2. The van der Waals surface area contributed by atoms with E-state index in [0.29, 0.717) is 32.5 Å². The van der Waals surface area contributed by atoms with E-state index in [9.17, 15) is 9.59 Å². The fraction of sp³-hybridized carbons (Fsp3) is 0.321. The van der Waals surface area contributed by atoms with Gasteiger partial charge in [0.15, 0.2) is 0 Å². The van der Waals surface area contributed by atoms with Gasteiger partial charge < -0.3 is 10.2 Å². The van der Waals surface area contributed by atoms with Gasteiger partial charge in [-0.15, -0.1) is 0 Å². The average Bonchev–Trinajstić information content (AvgIpc) is 3.30. The second-order valence-electron chi connectivity index (χ2n) is 8.89. The number of hydrogen-bond donors (Lipinski definition) is 1. The van der Waals surface area contributed by atoms with Crippen molar-refractivity contribution in [3.63, 3.8) is 0 Å². The molecule has 4 rings (SSSR count). The summed E-state index contributed by atoms with van der Waals surface area (Å²) in [7, 11) is 0. The number of pyridine rings is 1. The molecule has 0 unspecified atom stereocenters. The molecule has 5 heteroatoms. The summed E-state index contributed by atoms with van der Waals surface area (Å²) in [5.41, 5.74) is 3.67. The number of likely N-dealkylation sites (tertiary alicyclic amines) is 1. The summed E-state index contributed by atoms with van der Waals surface area (Å²) >= 11 is 0. The van der Waals surface area contributed by atoms with Crippen LogP contribution in [0.25, 0.3) is 11.1 Å². The third-order valence-corrected chi connectivity index (χ3v) is 6.64. The molecule has 1 aliphatic heterocycles. The van der Waals surface area contributed by atoms with Crippen LogP contribution in [0.1, 0.15) is 37.3 Å². The van der Waals surface area contributed by atoms with Crippen LogP contribution in [-0.4, -0.2) is 41.3 Å². The van der Waals surface area contributed by atoms with Gasteiger partial charge in [-0.1, -0.05) is 54.6 Å². The van der Waals surface area contributed by atoms with Crippen LogP contribution in [0.5, 0.6) is 0 Å². The zero-order valence-electron chi connectivity index (χ0n) is 19.3. The van der Waals surface area contributed by atoms with Gasteiger partial charge in [-0.05, 0) is 61.1 Å². The summed E-state index contributed by atoms with van der Waals surface area (Å²) < 4.78 is 0. The lowest BCUT2D eigenvalue weighted by Crippen LogP contribution is -2.45. The fourth-order valence-corrected chi connectivity index (χ4v) is 4.77. The molecule has 2 aromatic carbocycles. The van der Waals surface area contributed by atoms with Crippen LogP contribution >= 0.6 is 0 Å². The molecule has 33 heavy (non-hydrogen) atoms. The van der Waals surface area contributed by atoms with E-state index < -0.39 is 5.41 Å². The third kappa shape index (κ3) is 4.98. The van der Waals surface area contributed by atoms with E-state index >= 15 is 0 Å². The highest BCUT2D eigenvalue weighted by Gasteiger charge is 2.46. The minimum absolute atomic E-state index is 0.0296. The number of nitrogens with one attached hydrogen (secondary N) is 1. The average molecular weight is 442 g/mol. The maximum atomic E-state index is 13.3. The molecule has 0 saturated carbocycles. The van der Waals surface area contributed by atoms with E-state index in [1.165, 1.54) is 0 Å². The standard InChI is InChI=1S/C28H31N3O2/c1-3-30-27(33)28(19-22-8-7-11-25(18-22)24-12-15-29-16-13-24)14-17-31(20-28)26(32)21(2)23-9-5-4-6-10-23/h4-13,15-16,18,21H,3,14,17,19-20H2,1-2H3,(H,30,33)/t21-,28+/m0/s1. The molecule has 0 spiro atoms. The Labute approximate surface area is 195 Å². The summed E-state index contributed by atoms with van der Waals surface area (Å²) in [5.74, 6) is -0.119. The van der Waals surface area contributed by atoms with Gasteiger partial charge in [-0.25, -0.2) is 0 Å². The minimum atomic E-state index is -0.626. The Kier molecular flexibility index (Phi) is 6.87. The smallest absolute Gasteiger partial charge is 0.229 e. The molecule has 5 nitrogen and oxygen atoms in total. The van der Waals surface area contributed by atoms with E-state index in [4.69, 9.17) is 0 Å². The molecule has 1 N–H and O–H groups in total. The molecule has 1 aliphatic rings. The van der Waals surface area contributed by atoms with Crippen molar-refractivity contribution in [1.29, 1.82) is 0 Å². The van der Waals surface area contributed by atoms with Crippen LogP contribution < -0.4 is 5.32 Å². The summed E-state index contributed by atoms with van der Waals surface area (Å²) in [6, 6.07) is 22.1. The van der Waals surface area contributed by atoms with Crippen molar-refractivity contribution in [1.82, 2.24) is 15.2 Å². The normalized spacial score (nSPS) is 18.7. The first-order valence-corrected chi connectivity index (χ1v) is 11.6. The largest absolute Gasteiger partial charge is 0.356 e. The van der Waals surface area contributed by atoms with Crippen LogP contribution in [0.3, 0.4) is 0 Å². The zero-order valence-corrected chi connectivity index (χ0v) is 19.3. The molecule has 170 valence electrons. The van der Waals surface area contributed by atoms with E-state index in [-0.39, 0.29) is 17.7 Å². The second-order valence-corrected chi connectivity index (χ2v) is 8.89. The number of rotatable bonds is 7. The lowest BCUT2D eigenvalue weighted by Gasteiger charge is -2.29. The van der Waals surface area contributed by atoms with Crippen molar-refractivity contribution >= 4 is 11.8 Å². The molecule has 1 aromatic heterocycles. The molecule has 1 fully saturated rings. The van der Waals surface area contributed by atoms with E-state index in [0.717, 1.165) is 22.3 Å². The Bertz CT molecular complexity index is 1100. The van der Waals surface area contributed by atoms with Crippen LogP contribution in [0.2, 0.25) is 0 Å². The number of carbonyl (C=O) groups excluding carboxylic acids is 2. The van der Waals surface area contributed by atoms with Gasteiger partial charge in [0.25, 0.3) is 0 Å². The van der Waals surface area contributed by atoms with Crippen molar-refractivity contribution in [2.75, 3.05) is 19.6 Å². The first kappa shape index (κ1) is 22.7. The molecule has 2 atom stereocenters. The molecule has 2 heterocycles. The number of amides is 2. The van der Waals surface area contributed by atoms with Gasteiger partial charge in [-0.2, -0.15) is 0 Å². The highest BCUT2D eigenvalue weighted by Crippen LogP contribution is 2.37. The van der Waals surface area contributed by atoms with Gasteiger partial charge in [-0.3, -0.25) is 14.6 Å². The van der Waals surface area contributed by atoms with Crippen molar-refractivity contribution in [3.05, 3.63) is 90.3 Å². The molecule has 2 amide bonds. The Balaban J connectivity index is 1.57. The SMILES string of the molecule is CCNC(=O)[C@@]1(Cc2cccc(-c3ccncc3)c2)CCN(C(=O)[C@@H](C)c2ccccc2)C1. The first-order chi connectivity index (χ1) is 16.0. The molecule has 3 aromatic rings. The summed E-state index contributed by atoms with van der Waals surface area (Å²) in [4.78, 5) is 32.5. The van der Waals surface area contributed by atoms with Gasteiger partial charge >= 0.3 is 0 Å². The molecule has 1 saturated heterocycles. The maximum absolute atomic E-state index is 13.3. The predicted octanol–water partition coefficient (Wildman–Crippen LogP) is 4.45. The summed E-state index contributed by atoms with van der Waals surface area (Å²) in [5, 5.41) is 3.03. The maximum Gasteiger partial charge on any atom is 0.229 e. The Morgan fingerprint density at radius 2 is 1.79 bits per heavy atom. The van der Waals surface area contributed by atoms with Gasteiger partial charge in [0.1, 0.15) is 0 Å². The third-order valence-electron chi connectivity index (χ3n) is 6.64. The van der Waals surface area contributed by atoms with E-state index in [1.54, 1.807) is 12.4 Å². The molecule has 0 bridgehead atoms. The highest BCUT2D eigenvalue weighted by molar-refractivity contribution is 5.88. The van der Waals surface area contributed by atoms with Crippen LogP contribution in [0.4, 0.5) is 0 Å². The number of hydrogen-bond acceptors (Lipinski definition) is 3. The monoisotopic (exact) mass is 441 g/mol. The van der Waals surface area contributed by atoms with Crippen molar-refractivity contribution in [2.24, 2.45) is 5.41 Å². The topological polar surface area (TPSA) is 62.3 Å². The number of carbonyl (C=O) groups is 2.